The molecule has 40 heavy (non-hydrogen) atoms. The summed E-state index contributed by atoms with van der Waals surface area (Å²) in [7, 11) is 1.58. The van der Waals surface area contributed by atoms with Crippen LogP contribution >= 0.6 is 11.6 Å². The molecule has 1 fully saturated rings. The number of carbonyl (C=O) groups excluding carboxylic acids is 3. The zero-order chi connectivity index (χ0) is 29.2. The Morgan fingerprint density at radius 2 is 1.73 bits per heavy atom. The molecule has 214 valence electrons. The number of ether oxygens (including phenoxy) is 1. The van der Waals surface area contributed by atoms with Gasteiger partial charge in [0.25, 0.3) is 5.91 Å². The van der Waals surface area contributed by atoms with E-state index in [1.54, 1.807) is 43.1 Å². The SMILES string of the molecule is CCOC(=O)C1=C(CN2CCN(C(=O)c3ccc(C(F)(F)F)cc3)[C@@H](C)C2)N(C)C(=O)N[C@@H]1c1ccc(Cl)cc1. The van der Waals surface area contributed by atoms with Gasteiger partial charge in [0.1, 0.15) is 0 Å². The highest BCUT2D eigenvalue weighted by molar-refractivity contribution is 6.30. The molecule has 12 heteroatoms. The van der Waals surface area contributed by atoms with Crippen molar-refractivity contribution in [2.45, 2.75) is 32.1 Å². The number of nitrogens with zero attached hydrogens (tertiary/aromatic N) is 3. The summed E-state index contributed by atoms with van der Waals surface area (Å²) in [5.74, 6) is -0.905. The van der Waals surface area contributed by atoms with Crippen LogP contribution in [0.15, 0.2) is 59.8 Å². The van der Waals surface area contributed by atoms with Gasteiger partial charge in [0.2, 0.25) is 0 Å². The molecule has 0 spiro atoms. The van der Waals surface area contributed by atoms with E-state index in [0.29, 0.717) is 41.5 Å². The fourth-order valence-corrected chi connectivity index (χ4v) is 5.09. The van der Waals surface area contributed by atoms with Gasteiger partial charge in [0.05, 0.1) is 23.8 Å². The summed E-state index contributed by atoms with van der Waals surface area (Å²) >= 11 is 6.04. The summed E-state index contributed by atoms with van der Waals surface area (Å²) in [5.41, 5.74) is 0.825. The van der Waals surface area contributed by atoms with E-state index in [1.165, 1.54) is 17.0 Å². The minimum absolute atomic E-state index is 0.155. The Balaban J connectivity index is 1.56. The van der Waals surface area contributed by atoms with Crippen molar-refractivity contribution in [3.05, 3.63) is 81.5 Å². The highest BCUT2D eigenvalue weighted by Gasteiger charge is 2.38. The lowest BCUT2D eigenvalue weighted by Crippen LogP contribution is -2.56. The Kier molecular flexibility index (Phi) is 8.74. The monoisotopic (exact) mass is 578 g/mol. The number of piperazine rings is 1. The fraction of sp³-hybridized carbons (Fsp3) is 0.393. The fourth-order valence-electron chi connectivity index (χ4n) is 4.96. The summed E-state index contributed by atoms with van der Waals surface area (Å²) in [5, 5.41) is 3.38. The Bertz CT molecular complexity index is 1300. The topological polar surface area (TPSA) is 82.2 Å². The van der Waals surface area contributed by atoms with Crippen LogP contribution in [0.5, 0.6) is 0 Å². The molecule has 0 bridgehead atoms. The predicted molar refractivity (Wildman–Crippen MR) is 143 cm³/mol. The van der Waals surface area contributed by atoms with Crippen LogP contribution < -0.4 is 5.32 Å². The number of halogens is 4. The van der Waals surface area contributed by atoms with Crippen molar-refractivity contribution in [2.75, 3.05) is 39.8 Å². The van der Waals surface area contributed by atoms with Crippen LogP contribution in [0.4, 0.5) is 18.0 Å². The Hall–Kier alpha value is -3.57. The molecule has 0 radical (unpaired) electrons. The van der Waals surface area contributed by atoms with Gasteiger partial charge < -0.3 is 15.0 Å². The van der Waals surface area contributed by atoms with Gasteiger partial charge in [0.15, 0.2) is 0 Å². The van der Waals surface area contributed by atoms with E-state index < -0.39 is 23.8 Å². The molecule has 2 aromatic rings. The molecular weight excluding hydrogens is 549 g/mol. The summed E-state index contributed by atoms with van der Waals surface area (Å²) in [6.45, 7) is 5.12. The second-order valence-corrected chi connectivity index (χ2v) is 10.2. The van der Waals surface area contributed by atoms with Crippen LogP contribution in [-0.4, -0.2) is 78.5 Å². The lowest BCUT2D eigenvalue weighted by atomic mass is 9.94. The molecule has 2 aliphatic heterocycles. The third-order valence-corrected chi connectivity index (χ3v) is 7.33. The van der Waals surface area contributed by atoms with E-state index in [9.17, 15) is 27.6 Å². The van der Waals surface area contributed by atoms with Crippen molar-refractivity contribution >= 4 is 29.5 Å². The number of hydrogen-bond donors (Lipinski definition) is 1. The van der Waals surface area contributed by atoms with Crippen molar-refractivity contribution in [3.63, 3.8) is 0 Å². The Labute approximate surface area is 235 Å². The zero-order valence-corrected chi connectivity index (χ0v) is 23.1. The number of esters is 1. The number of amides is 3. The number of nitrogens with one attached hydrogen (secondary N) is 1. The number of benzene rings is 2. The van der Waals surface area contributed by atoms with Crippen LogP contribution in [0, 0.1) is 0 Å². The molecule has 3 amide bonds. The summed E-state index contributed by atoms with van der Waals surface area (Å²) in [6.07, 6.45) is -4.48. The van der Waals surface area contributed by atoms with E-state index in [-0.39, 0.29) is 36.7 Å². The quantitative estimate of drug-likeness (QED) is 0.502. The molecule has 0 unspecified atom stereocenters. The first-order valence-corrected chi connectivity index (χ1v) is 13.2. The van der Waals surface area contributed by atoms with Crippen molar-refractivity contribution in [2.24, 2.45) is 0 Å². The highest BCUT2D eigenvalue weighted by Crippen LogP contribution is 2.33. The third kappa shape index (κ3) is 6.26. The third-order valence-electron chi connectivity index (χ3n) is 7.08. The minimum Gasteiger partial charge on any atom is -0.463 e. The molecule has 0 aromatic heterocycles. The second kappa shape index (κ2) is 11.9. The van der Waals surface area contributed by atoms with E-state index in [1.807, 2.05) is 11.8 Å². The molecule has 0 aliphatic carbocycles. The molecule has 2 aromatic carbocycles. The maximum atomic E-state index is 13.2. The number of alkyl halides is 3. The van der Waals surface area contributed by atoms with Crippen molar-refractivity contribution in [3.8, 4) is 0 Å². The van der Waals surface area contributed by atoms with Crippen LogP contribution in [0.1, 0.15) is 41.4 Å². The van der Waals surface area contributed by atoms with Crippen LogP contribution in [0.2, 0.25) is 5.02 Å². The molecule has 2 aliphatic rings. The molecule has 1 N–H and O–H groups in total. The average Bonchev–Trinajstić information content (AvgIpc) is 2.91. The number of hydrogen-bond acceptors (Lipinski definition) is 5. The van der Waals surface area contributed by atoms with Gasteiger partial charge in [-0.05, 0) is 55.8 Å². The largest absolute Gasteiger partial charge is 0.463 e. The molecule has 2 heterocycles. The summed E-state index contributed by atoms with van der Waals surface area (Å²) < 4.78 is 44.1. The molecule has 4 rings (SSSR count). The zero-order valence-electron chi connectivity index (χ0n) is 22.3. The van der Waals surface area contributed by atoms with Gasteiger partial charge in [-0.25, -0.2) is 9.59 Å². The van der Waals surface area contributed by atoms with Gasteiger partial charge >= 0.3 is 18.2 Å². The summed E-state index contributed by atoms with van der Waals surface area (Å²) in [6, 6.07) is 9.62. The number of carbonyl (C=O) groups is 3. The lowest BCUT2D eigenvalue weighted by molar-refractivity contribution is -0.139. The number of likely N-dealkylation sites (N-methyl/N-ethyl adjacent to an activating group) is 1. The first-order chi connectivity index (χ1) is 18.9. The highest BCUT2D eigenvalue weighted by atomic mass is 35.5. The molecule has 0 saturated carbocycles. The van der Waals surface area contributed by atoms with E-state index in [0.717, 1.165) is 12.1 Å². The van der Waals surface area contributed by atoms with Gasteiger partial charge in [-0.2, -0.15) is 13.2 Å². The minimum atomic E-state index is -4.48. The van der Waals surface area contributed by atoms with E-state index >= 15 is 0 Å². The maximum absolute atomic E-state index is 13.2. The van der Waals surface area contributed by atoms with Crippen molar-refractivity contribution in [1.82, 2.24) is 20.0 Å². The number of rotatable bonds is 6. The van der Waals surface area contributed by atoms with E-state index in [2.05, 4.69) is 5.32 Å². The molecule has 8 nitrogen and oxygen atoms in total. The second-order valence-electron chi connectivity index (χ2n) is 9.73. The average molecular weight is 579 g/mol. The van der Waals surface area contributed by atoms with Gasteiger partial charge in [0, 0.05) is 55.6 Å². The molecular formula is C28H30ClF3N4O4. The standard InChI is InChI=1S/C28H30ClF3N4O4/c1-4-40-26(38)23-22(34(3)27(39)33-24(23)18-7-11-21(29)12-8-18)16-35-13-14-36(17(2)15-35)25(37)19-5-9-20(10-6-19)28(30,31)32/h5-12,17,24H,4,13-16H2,1-3H3,(H,33,39)/t17-,24+/m0/s1. The van der Waals surface area contributed by atoms with Crippen LogP contribution in [-0.2, 0) is 15.7 Å². The lowest BCUT2D eigenvalue weighted by Gasteiger charge is -2.42. The number of urea groups is 1. The Morgan fingerprint density at radius 1 is 1.07 bits per heavy atom. The first-order valence-electron chi connectivity index (χ1n) is 12.8. The van der Waals surface area contributed by atoms with E-state index in [4.69, 9.17) is 16.3 Å². The van der Waals surface area contributed by atoms with Gasteiger partial charge in [-0.15, -0.1) is 0 Å². The Morgan fingerprint density at radius 3 is 2.30 bits per heavy atom. The van der Waals surface area contributed by atoms with Gasteiger partial charge in [-0.1, -0.05) is 23.7 Å². The first kappa shape index (κ1) is 29.4. The van der Waals surface area contributed by atoms with Crippen molar-refractivity contribution in [1.29, 1.82) is 0 Å². The van der Waals surface area contributed by atoms with Gasteiger partial charge in [-0.3, -0.25) is 14.6 Å². The molecule has 2 atom stereocenters. The predicted octanol–water partition coefficient (Wildman–Crippen LogP) is 4.72. The van der Waals surface area contributed by atoms with Crippen molar-refractivity contribution < 1.29 is 32.3 Å². The summed E-state index contributed by atoms with van der Waals surface area (Å²) in [4.78, 5) is 44.2. The van der Waals surface area contributed by atoms with Crippen LogP contribution in [0.25, 0.3) is 0 Å². The normalized spacial score (nSPS) is 20.4. The smallest absolute Gasteiger partial charge is 0.416 e. The maximum Gasteiger partial charge on any atom is 0.416 e. The molecule has 1 saturated heterocycles. The van der Waals surface area contributed by atoms with Crippen LogP contribution in [0.3, 0.4) is 0 Å².